The Balaban J connectivity index is 2.35. The Morgan fingerprint density at radius 3 is 2.78 bits per heavy atom. The largest absolute Gasteiger partial charge is 0.384 e. The molecule has 9 heavy (non-hydrogen) atoms. The number of nitrogens with zero attached hydrogens (tertiary/aromatic N) is 1. The van der Waals surface area contributed by atoms with Crippen LogP contribution in [0.3, 0.4) is 0 Å². The molecule has 0 spiro atoms. The number of rotatable bonds is 0. The van der Waals surface area contributed by atoms with E-state index < -0.39 is 0 Å². The Morgan fingerprint density at radius 2 is 2.56 bits per heavy atom. The molecule has 0 saturated carbocycles. The summed E-state index contributed by atoms with van der Waals surface area (Å²) in [5.41, 5.74) is 1.02. The van der Waals surface area contributed by atoms with Crippen molar-refractivity contribution in [2.45, 2.75) is 19.4 Å². The Bertz CT molecular complexity index is 207. The zero-order chi connectivity index (χ0) is 6.48. The molecule has 0 fully saturated rings. The third kappa shape index (κ3) is 0.435. The van der Waals surface area contributed by atoms with Crippen LogP contribution in [0.4, 0.5) is 0 Å². The maximum absolute atomic E-state index is 5.15. The lowest BCUT2D eigenvalue weighted by Gasteiger charge is -2.30. The molecular weight excluding hydrogens is 114 g/mol. The second kappa shape index (κ2) is 1.20. The van der Waals surface area contributed by atoms with Gasteiger partial charge in [0.2, 0.25) is 0 Å². The van der Waals surface area contributed by atoms with Crippen LogP contribution in [-0.2, 0) is 4.84 Å². The maximum atomic E-state index is 5.15. The lowest BCUT2D eigenvalue weighted by molar-refractivity contribution is 0.00645. The van der Waals surface area contributed by atoms with E-state index in [0.717, 1.165) is 5.71 Å². The van der Waals surface area contributed by atoms with Gasteiger partial charge in [0.15, 0.2) is 5.60 Å². The number of oxime groups is 1. The molecule has 1 aliphatic carbocycles. The lowest BCUT2D eigenvalue weighted by Crippen LogP contribution is -2.38. The molecule has 2 nitrogen and oxygen atoms in total. The fourth-order valence-corrected chi connectivity index (χ4v) is 1.33. The van der Waals surface area contributed by atoms with Crippen molar-refractivity contribution in [3.05, 3.63) is 12.2 Å². The van der Waals surface area contributed by atoms with E-state index in [0.29, 0.717) is 5.92 Å². The van der Waals surface area contributed by atoms with Crippen molar-refractivity contribution in [1.82, 2.24) is 0 Å². The normalized spacial score (nSPS) is 45.1. The van der Waals surface area contributed by atoms with Crippen molar-refractivity contribution in [3.63, 3.8) is 0 Å². The first kappa shape index (κ1) is 5.03. The van der Waals surface area contributed by atoms with Crippen LogP contribution in [-0.4, -0.2) is 11.3 Å². The minimum absolute atomic E-state index is 0.0793. The van der Waals surface area contributed by atoms with Crippen LogP contribution in [0.25, 0.3) is 0 Å². The van der Waals surface area contributed by atoms with Crippen LogP contribution in [0.15, 0.2) is 17.3 Å². The summed E-state index contributed by atoms with van der Waals surface area (Å²) in [5.74, 6) is 0.456. The van der Waals surface area contributed by atoms with Gasteiger partial charge in [-0.3, -0.25) is 0 Å². The van der Waals surface area contributed by atoms with Crippen LogP contribution in [0.1, 0.15) is 13.8 Å². The summed E-state index contributed by atoms with van der Waals surface area (Å²) in [4.78, 5) is 5.15. The van der Waals surface area contributed by atoms with Crippen LogP contribution >= 0.6 is 0 Å². The zero-order valence-electron chi connectivity index (χ0n) is 5.59. The summed E-state index contributed by atoms with van der Waals surface area (Å²) in [7, 11) is 0. The summed E-state index contributed by atoms with van der Waals surface area (Å²) in [6.07, 6.45) is 4.18. The van der Waals surface area contributed by atoms with Gasteiger partial charge in [0.25, 0.3) is 0 Å². The average Bonchev–Trinajstić information content (AvgIpc) is 1.93. The van der Waals surface area contributed by atoms with E-state index in [2.05, 4.69) is 24.2 Å². The predicted octanol–water partition coefficient (Wildman–Crippen LogP) is 1.34. The highest BCUT2D eigenvalue weighted by molar-refractivity contribution is 5.89. The van der Waals surface area contributed by atoms with Crippen LogP contribution in [0, 0.1) is 5.92 Å². The molecule has 1 aliphatic heterocycles. The van der Waals surface area contributed by atoms with Crippen molar-refractivity contribution in [3.8, 4) is 0 Å². The van der Waals surface area contributed by atoms with Gasteiger partial charge in [0, 0.05) is 0 Å². The lowest BCUT2D eigenvalue weighted by atomic mass is 9.77. The fourth-order valence-electron chi connectivity index (χ4n) is 1.33. The first-order valence-corrected chi connectivity index (χ1v) is 3.14. The van der Waals surface area contributed by atoms with E-state index in [1.807, 2.05) is 6.92 Å². The van der Waals surface area contributed by atoms with Gasteiger partial charge in [-0.25, -0.2) is 0 Å². The van der Waals surface area contributed by atoms with E-state index in [1.54, 1.807) is 0 Å². The molecular formula is C7H9NO. The fraction of sp³-hybridized carbons (Fsp3) is 0.571. The second-order valence-electron chi connectivity index (χ2n) is 2.84. The van der Waals surface area contributed by atoms with Crippen LogP contribution in [0.5, 0.6) is 0 Å². The van der Waals surface area contributed by atoms with Crippen molar-refractivity contribution in [2.24, 2.45) is 11.1 Å². The van der Waals surface area contributed by atoms with E-state index >= 15 is 0 Å². The van der Waals surface area contributed by atoms with Crippen molar-refractivity contribution in [1.29, 1.82) is 0 Å². The molecule has 48 valence electrons. The Morgan fingerprint density at radius 1 is 1.78 bits per heavy atom. The van der Waals surface area contributed by atoms with Gasteiger partial charge in [0.1, 0.15) is 0 Å². The summed E-state index contributed by atoms with van der Waals surface area (Å²) >= 11 is 0. The molecule has 0 saturated heterocycles. The first-order valence-electron chi connectivity index (χ1n) is 3.14. The number of hydrogen-bond acceptors (Lipinski definition) is 2. The highest BCUT2D eigenvalue weighted by Gasteiger charge is 2.45. The molecule has 0 amide bonds. The number of fused-ring (bicyclic) bond motifs is 1. The van der Waals surface area contributed by atoms with Gasteiger partial charge in [0.05, 0.1) is 11.6 Å². The molecule has 0 aromatic heterocycles. The van der Waals surface area contributed by atoms with Gasteiger partial charge in [-0.2, -0.15) is 0 Å². The van der Waals surface area contributed by atoms with Crippen LogP contribution in [0.2, 0.25) is 0 Å². The quantitative estimate of drug-likeness (QED) is 0.445. The summed E-state index contributed by atoms with van der Waals surface area (Å²) in [5, 5.41) is 3.89. The SMILES string of the molecule is CC1=NO[C@]2(C)C=CC12. The molecule has 2 heteroatoms. The van der Waals surface area contributed by atoms with Gasteiger partial charge >= 0.3 is 0 Å². The molecule has 0 N–H and O–H groups in total. The van der Waals surface area contributed by atoms with Crippen molar-refractivity contribution >= 4 is 5.71 Å². The predicted molar refractivity (Wildman–Crippen MR) is 35.2 cm³/mol. The molecule has 0 aromatic rings. The minimum Gasteiger partial charge on any atom is -0.384 e. The van der Waals surface area contributed by atoms with E-state index in [9.17, 15) is 0 Å². The van der Waals surface area contributed by atoms with Crippen molar-refractivity contribution in [2.75, 3.05) is 0 Å². The maximum Gasteiger partial charge on any atom is 0.164 e. The third-order valence-corrected chi connectivity index (χ3v) is 2.07. The Hall–Kier alpha value is -0.790. The Kier molecular flexibility index (Phi) is 0.672. The van der Waals surface area contributed by atoms with Gasteiger partial charge in [-0.05, 0) is 19.9 Å². The molecule has 2 rings (SSSR count). The molecule has 1 unspecified atom stereocenters. The summed E-state index contributed by atoms with van der Waals surface area (Å²) in [6, 6.07) is 0. The van der Waals surface area contributed by atoms with Gasteiger partial charge in [-0.1, -0.05) is 11.2 Å². The molecule has 2 aliphatic rings. The topological polar surface area (TPSA) is 21.6 Å². The number of hydrogen-bond donors (Lipinski definition) is 0. The Labute approximate surface area is 54.2 Å². The standard InChI is InChI=1S/C7H9NO/c1-5-6-3-4-7(6,2)9-8-5/h3-4,6H,1-2H3/t6?,7-/m1/s1. The summed E-state index contributed by atoms with van der Waals surface area (Å²) in [6.45, 7) is 4.05. The smallest absolute Gasteiger partial charge is 0.164 e. The minimum atomic E-state index is -0.0793. The van der Waals surface area contributed by atoms with E-state index in [1.165, 1.54) is 0 Å². The van der Waals surface area contributed by atoms with E-state index in [-0.39, 0.29) is 5.60 Å². The summed E-state index contributed by atoms with van der Waals surface area (Å²) < 4.78 is 0. The molecule has 0 radical (unpaired) electrons. The average molecular weight is 123 g/mol. The van der Waals surface area contributed by atoms with Crippen molar-refractivity contribution < 1.29 is 4.84 Å². The van der Waals surface area contributed by atoms with E-state index in [4.69, 9.17) is 4.84 Å². The van der Waals surface area contributed by atoms with Gasteiger partial charge < -0.3 is 4.84 Å². The molecule has 0 aromatic carbocycles. The molecule has 2 atom stereocenters. The second-order valence-corrected chi connectivity index (χ2v) is 2.84. The molecule has 1 heterocycles. The monoisotopic (exact) mass is 123 g/mol. The first-order chi connectivity index (χ1) is 4.22. The highest BCUT2D eigenvalue weighted by Crippen LogP contribution is 2.39. The third-order valence-electron chi connectivity index (χ3n) is 2.07. The molecule has 0 bridgehead atoms. The van der Waals surface area contributed by atoms with Gasteiger partial charge in [-0.15, -0.1) is 0 Å². The van der Waals surface area contributed by atoms with Crippen LogP contribution < -0.4 is 0 Å². The highest BCUT2D eigenvalue weighted by atomic mass is 16.7. The zero-order valence-corrected chi connectivity index (χ0v) is 5.59.